The molecular weight excluding hydrogens is 228 g/mol. The molecule has 0 saturated heterocycles. The molecule has 1 aromatic heterocycles. The highest BCUT2D eigenvalue weighted by molar-refractivity contribution is 5.76. The lowest BCUT2D eigenvalue weighted by Crippen LogP contribution is -2.17. The summed E-state index contributed by atoms with van der Waals surface area (Å²) in [5, 5.41) is 3.03. The topological polar surface area (TPSA) is 54.9 Å². The quantitative estimate of drug-likeness (QED) is 0.824. The summed E-state index contributed by atoms with van der Waals surface area (Å²) < 4.78 is 1.41. The maximum Gasteiger partial charge on any atom is 0.282 e. The van der Waals surface area contributed by atoms with Crippen LogP contribution in [0.25, 0.3) is 5.69 Å². The highest BCUT2D eigenvalue weighted by Gasteiger charge is 2.24. The molecule has 2 rings (SSSR count). The van der Waals surface area contributed by atoms with E-state index in [1.807, 2.05) is 51.1 Å². The van der Waals surface area contributed by atoms with Crippen molar-refractivity contribution in [3.05, 3.63) is 51.9 Å². The van der Waals surface area contributed by atoms with Crippen LogP contribution >= 0.6 is 0 Å². The number of aromatic nitrogens is 2. The van der Waals surface area contributed by atoms with Crippen LogP contribution < -0.4 is 5.56 Å². The zero-order chi connectivity index (χ0) is 13.3. The van der Waals surface area contributed by atoms with Gasteiger partial charge in [0, 0.05) is 5.41 Å². The van der Waals surface area contributed by atoms with Crippen molar-refractivity contribution in [3.63, 3.8) is 0 Å². The fourth-order valence-electron chi connectivity index (χ4n) is 1.89. The molecule has 1 N–H and O–H groups in total. The van der Waals surface area contributed by atoms with Crippen molar-refractivity contribution in [2.45, 2.75) is 26.2 Å². The number of nitrogens with zero attached hydrogens (tertiary/aromatic N) is 1. The summed E-state index contributed by atoms with van der Waals surface area (Å²) in [6, 6.07) is 9.21. The fourth-order valence-corrected chi connectivity index (χ4v) is 1.89. The Labute approximate surface area is 105 Å². The molecule has 0 saturated carbocycles. The van der Waals surface area contributed by atoms with Crippen molar-refractivity contribution in [2.24, 2.45) is 0 Å². The minimum absolute atomic E-state index is 0.200. The molecule has 0 aliphatic heterocycles. The van der Waals surface area contributed by atoms with Gasteiger partial charge in [0.15, 0.2) is 6.29 Å². The number of aromatic amines is 1. The summed E-state index contributed by atoms with van der Waals surface area (Å²) in [5.74, 6) is 0. The van der Waals surface area contributed by atoms with Crippen LogP contribution in [0.1, 0.15) is 36.8 Å². The van der Waals surface area contributed by atoms with Crippen LogP contribution in [0.4, 0.5) is 0 Å². The Hall–Kier alpha value is -2.10. The summed E-state index contributed by atoms with van der Waals surface area (Å²) in [4.78, 5) is 23.3. The fraction of sp³-hybridized carbons (Fsp3) is 0.286. The van der Waals surface area contributed by atoms with E-state index in [4.69, 9.17) is 0 Å². The van der Waals surface area contributed by atoms with E-state index in [2.05, 4.69) is 5.10 Å². The Morgan fingerprint density at radius 2 is 1.78 bits per heavy atom. The van der Waals surface area contributed by atoms with E-state index in [9.17, 15) is 9.59 Å². The zero-order valence-electron chi connectivity index (χ0n) is 10.7. The Bertz CT molecular complexity index is 615. The van der Waals surface area contributed by atoms with Gasteiger partial charge in [-0.1, -0.05) is 39.0 Å². The van der Waals surface area contributed by atoms with Gasteiger partial charge in [-0.3, -0.25) is 14.7 Å². The van der Waals surface area contributed by atoms with Gasteiger partial charge in [-0.05, 0) is 12.1 Å². The Morgan fingerprint density at radius 1 is 1.17 bits per heavy atom. The summed E-state index contributed by atoms with van der Waals surface area (Å²) in [6.45, 7) is 5.88. The molecule has 0 bridgehead atoms. The van der Waals surface area contributed by atoms with Gasteiger partial charge >= 0.3 is 0 Å². The van der Waals surface area contributed by atoms with Crippen molar-refractivity contribution in [1.29, 1.82) is 0 Å². The Kier molecular flexibility index (Phi) is 2.95. The third-order valence-electron chi connectivity index (χ3n) is 2.81. The highest BCUT2D eigenvalue weighted by Crippen LogP contribution is 2.22. The first-order valence-corrected chi connectivity index (χ1v) is 5.81. The number of hydrogen-bond donors (Lipinski definition) is 1. The summed E-state index contributed by atoms with van der Waals surface area (Å²) in [5.41, 5.74) is 0.995. The number of carbonyl (C=O) groups excluding carboxylic acids is 1. The van der Waals surface area contributed by atoms with Crippen molar-refractivity contribution in [2.75, 3.05) is 0 Å². The summed E-state index contributed by atoms with van der Waals surface area (Å²) >= 11 is 0. The first-order chi connectivity index (χ1) is 8.45. The number of carbonyl (C=O) groups is 1. The van der Waals surface area contributed by atoms with Gasteiger partial charge in [0.2, 0.25) is 0 Å². The average Bonchev–Trinajstić information content (AvgIpc) is 2.67. The van der Waals surface area contributed by atoms with E-state index in [1.165, 1.54) is 4.68 Å². The molecule has 0 spiro atoms. The molecule has 4 heteroatoms. The molecule has 0 atom stereocenters. The van der Waals surface area contributed by atoms with E-state index < -0.39 is 0 Å². The second-order valence-electron chi connectivity index (χ2n) is 5.24. The van der Waals surface area contributed by atoms with Crippen LogP contribution in [0.15, 0.2) is 35.1 Å². The van der Waals surface area contributed by atoms with E-state index in [0.717, 1.165) is 5.69 Å². The zero-order valence-corrected chi connectivity index (χ0v) is 10.7. The number of nitrogens with one attached hydrogen (secondary N) is 1. The lowest BCUT2D eigenvalue weighted by molar-refractivity contribution is 0.112. The van der Waals surface area contributed by atoms with Gasteiger partial charge in [-0.2, -0.15) is 0 Å². The second-order valence-corrected chi connectivity index (χ2v) is 5.24. The minimum Gasteiger partial charge on any atom is -0.298 e. The van der Waals surface area contributed by atoms with Gasteiger partial charge in [0.05, 0.1) is 11.4 Å². The van der Waals surface area contributed by atoms with Crippen molar-refractivity contribution < 1.29 is 4.79 Å². The van der Waals surface area contributed by atoms with Crippen molar-refractivity contribution in [3.8, 4) is 5.69 Å². The molecule has 0 aliphatic rings. The molecule has 2 aromatic rings. The minimum atomic E-state index is -0.305. The molecule has 0 amide bonds. The van der Waals surface area contributed by atoms with Crippen LogP contribution in [-0.4, -0.2) is 16.1 Å². The Morgan fingerprint density at radius 3 is 2.22 bits per heavy atom. The van der Waals surface area contributed by atoms with Crippen LogP contribution in [0, 0.1) is 0 Å². The number of benzene rings is 1. The van der Waals surface area contributed by atoms with Crippen molar-refractivity contribution >= 4 is 6.29 Å². The van der Waals surface area contributed by atoms with E-state index in [0.29, 0.717) is 12.0 Å². The largest absolute Gasteiger partial charge is 0.298 e. The first-order valence-electron chi connectivity index (χ1n) is 5.81. The van der Waals surface area contributed by atoms with Crippen LogP contribution in [-0.2, 0) is 5.41 Å². The van der Waals surface area contributed by atoms with Crippen LogP contribution in [0.2, 0.25) is 0 Å². The molecule has 0 radical (unpaired) electrons. The molecule has 0 aliphatic carbocycles. The van der Waals surface area contributed by atoms with Gasteiger partial charge in [-0.15, -0.1) is 0 Å². The van der Waals surface area contributed by atoms with Gasteiger partial charge in [0.1, 0.15) is 5.56 Å². The second kappa shape index (κ2) is 4.29. The normalized spacial score (nSPS) is 11.5. The van der Waals surface area contributed by atoms with E-state index in [1.54, 1.807) is 0 Å². The number of rotatable bonds is 2. The predicted octanol–water partition coefficient (Wildman–Crippen LogP) is 2.28. The molecule has 4 nitrogen and oxygen atoms in total. The number of para-hydroxylation sites is 1. The maximum absolute atomic E-state index is 12.2. The lowest BCUT2D eigenvalue weighted by atomic mass is 9.90. The van der Waals surface area contributed by atoms with Crippen molar-refractivity contribution in [1.82, 2.24) is 9.78 Å². The molecule has 0 fully saturated rings. The van der Waals surface area contributed by atoms with E-state index >= 15 is 0 Å². The molecule has 94 valence electrons. The van der Waals surface area contributed by atoms with Gasteiger partial charge in [0.25, 0.3) is 5.56 Å². The predicted molar refractivity (Wildman–Crippen MR) is 70.5 cm³/mol. The number of H-pyrrole nitrogens is 1. The number of aldehydes is 1. The average molecular weight is 244 g/mol. The van der Waals surface area contributed by atoms with Crippen LogP contribution in [0.3, 0.4) is 0 Å². The Balaban J connectivity index is 2.69. The lowest BCUT2D eigenvalue weighted by Gasteiger charge is -2.16. The third kappa shape index (κ3) is 2.01. The summed E-state index contributed by atoms with van der Waals surface area (Å²) in [7, 11) is 0. The standard InChI is InChI=1S/C14H16N2O2/c1-14(2,3)12-11(9-17)13(18)16(15-12)10-7-5-4-6-8-10/h4-9,15H,1-3H3. The highest BCUT2D eigenvalue weighted by atomic mass is 16.1. The van der Waals surface area contributed by atoms with E-state index in [-0.39, 0.29) is 16.5 Å². The monoisotopic (exact) mass is 244 g/mol. The first kappa shape index (κ1) is 12.4. The smallest absolute Gasteiger partial charge is 0.282 e. The molecule has 18 heavy (non-hydrogen) atoms. The number of hydrogen-bond acceptors (Lipinski definition) is 2. The van der Waals surface area contributed by atoms with Crippen LogP contribution in [0.5, 0.6) is 0 Å². The SMILES string of the molecule is CC(C)(C)c1[nH]n(-c2ccccc2)c(=O)c1C=O. The molecule has 1 heterocycles. The van der Waals surface area contributed by atoms with Gasteiger partial charge in [-0.25, -0.2) is 4.68 Å². The molecule has 0 unspecified atom stereocenters. The molecular formula is C14H16N2O2. The maximum atomic E-state index is 12.2. The third-order valence-corrected chi connectivity index (χ3v) is 2.81. The molecule has 1 aromatic carbocycles. The van der Waals surface area contributed by atoms with Gasteiger partial charge < -0.3 is 0 Å². The summed E-state index contributed by atoms with van der Waals surface area (Å²) in [6.07, 6.45) is 0.624.